The van der Waals surface area contributed by atoms with Gasteiger partial charge in [0.25, 0.3) is 0 Å². The molecule has 2 fully saturated rings. The Kier molecular flexibility index (Phi) is 3.61. The first-order chi connectivity index (χ1) is 10.0. The quantitative estimate of drug-likeness (QED) is 0.879. The lowest BCUT2D eigenvalue weighted by molar-refractivity contribution is -0.0297. The van der Waals surface area contributed by atoms with Crippen molar-refractivity contribution >= 4 is 6.09 Å². The van der Waals surface area contributed by atoms with Gasteiger partial charge in [-0.25, -0.2) is 9.18 Å². The SMILES string of the molecule is O=C(O)N1[C@H](c2cccc(F)c2)CC[C@@H]1C1(O)CCCC1. The monoisotopic (exact) mass is 293 g/mol. The molecule has 0 radical (unpaired) electrons. The molecule has 3 rings (SSSR count). The molecule has 5 heteroatoms. The minimum absolute atomic E-state index is 0.360. The van der Waals surface area contributed by atoms with Gasteiger partial charge in [0.15, 0.2) is 0 Å². The van der Waals surface area contributed by atoms with Crippen molar-refractivity contribution in [1.29, 1.82) is 0 Å². The lowest BCUT2D eigenvalue weighted by Crippen LogP contribution is -2.50. The highest BCUT2D eigenvalue weighted by atomic mass is 19.1. The molecule has 2 atom stereocenters. The fraction of sp³-hybridized carbons (Fsp3) is 0.562. The standard InChI is InChI=1S/C16H20FNO3/c17-12-5-3-4-11(10-12)13-6-7-14(18(13)15(19)20)16(21)8-1-2-9-16/h3-5,10,13-14,21H,1-2,6-9H2,(H,19,20)/t13-,14+/m0/s1. The van der Waals surface area contributed by atoms with E-state index in [4.69, 9.17) is 0 Å². The molecule has 1 aromatic rings. The van der Waals surface area contributed by atoms with Crippen molar-refractivity contribution in [3.8, 4) is 0 Å². The average Bonchev–Trinajstić information content (AvgIpc) is 3.05. The van der Waals surface area contributed by atoms with Crippen molar-refractivity contribution in [2.45, 2.75) is 56.2 Å². The van der Waals surface area contributed by atoms with Crippen LogP contribution in [0.4, 0.5) is 9.18 Å². The van der Waals surface area contributed by atoms with Gasteiger partial charge in [-0.1, -0.05) is 25.0 Å². The zero-order valence-corrected chi connectivity index (χ0v) is 11.8. The number of likely N-dealkylation sites (tertiary alicyclic amines) is 1. The third-order valence-electron chi connectivity index (χ3n) is 4.93. The number of benzene rings is 1. The Bertz CT molecular complexity index is 542. The molecule has 1 aliphatic heterocycles. The van der Waals surface area contributed by atoms with Crippen LogP contribution >= 0.6 is 0 Å². The molecule has 1 aliphatic carbocycles. The summed E-state index contributed by atoms with van der Waals surface area (Å²) >= 11 is 0. The maximum Gasteiger partial charge on any atom is 0.408 e. The second-order valence-corrected chi connectivity index (χ2v) is 6.16. The lowest BCUT2D eigenvalue weighted by atomic mass is 9.90. The largest absolute Gasteiger partial charge is 0.465 e. The van der Waals surface area contributed by atoms with Gasteiger partial charge in [0, 0.05) is 0 Å². The van der Waals surface area contributed by atoms with E-state index in [1.165, 1.54) is 17.0 Å². The van der Waals surface area contributed by atoms with Crippen LogP contribution in [0.15, 0.2) is 24.3 Å². The van der Waals surface area contributed by atoms with Crippen molar-refractivity contribution in [1.82, 2.24) is 4.90 Å². The maximum atomic E-state index is 13.4. The lowest BCUT2D eigenvalue weighted by Gasteiger charge is -2.37. The summed E-state index contributed by atoms with van der Waals surface area (Å²) in [7, 11) is 0. The molecule has 1 aromatic carbocycles. The molecule has 0 unspecified atom stereocenters. The second-order valence-electron chi connectivity index (χ2n) is 6.16. The molecule has 0 aromatic heterocycles. The Hall–Kier alpha value is -1.62. The number of carboxylic acid groups (broad SMARTS) is 1. The number of rotatable bonds is 2. The summed E-state index contributed by atoms with van der Waals surface area (Å²) < 4.78 is 13.4. The van der Waals surface area contributed by atoms with Gasteiger partial charge in [-0.2, -0.15) is 0 Å². The fourth-order valence-corrected chi connectivity index (χ4v) is 3.97. The van der Waals surface area contributed by atoms with E-state index in [0.29, 0.717) is 31.2 Å². The zero-order chi connectivity index (χ0) is 15.0. The topological polar surface area (TPSA) is 60.8 Å². The normalized spacial score (nSPS) is 28.0. The van der Waals surface area contributed by atoms with Crippen LogP contribution in [0.25, 0.3) is 0 Å². The number of halogens is 1. The van der Waals surface area contributed by atoms with Crippen molar-refractivity contribution in [2.24, 2.45) is 0 Å². The van der Waals surface area contributed by atoms with Crippen LogP contribution in [0.1, 0.15) is 50.1 Å². The van der Waals surface area contributed by atoms with E-state index in [-0.39, 0.29) is 17.9 Å². The van der Waals surface area contributed by atoms with Gasteiger partial charge < -0.3 is 10.2 Å². The van der Waals surface area contributed by atoms with Gasteiger partial charge in [0.2, 0.25) is 0 Å². The molecule has 1 saturated heterocycles. The minimum Gasteiger partial charge on any atom is -0.465 e. The number of nitrogens with zero attached hydrogens (tertiary/aromatic N) is 1. The van der Waals surface area contributed by atoms with E-state index in [1.807, 2.05) is 0 Å². The number of amides is 1. The van der Waals surface area contributed by atoms with E-state index < -0.39 is 11.7 Å². The molecule has 2 N–H and O–H groups in total. The van der Waals surface area contributed by atoms with Crippen LogP contribution in [0, 0.1) is 5.82 Å². The van der Waals surface area contributed by atoms with E-state index in [9.17, 15) is 19.4 Å². The first-order valence-corrected chi connectivity index (χ1v) is 7.50. The Morgan fingerprint density at radius 1 is 1.29 bits per heavy atom. The van der Waals surface area contributed by atoms with E-state index in [1.54, 1.807) is 12.1 Å². The van der Waals surface area contributed by atoms with Crippen LogP contribution in [0.2, 0.25) is 0 Å². The fourth-order valence-electron chi connectivity index (χ4n) is 3.97. The summed E-state index contributed by atoms with van der Waals surface area (Å²) in [4.78, 5) is 13.0. The predicted molar refractivity (Wildman–Crippen MR) is 75.4 cm³/mol. The Morgan fingerprint density at radius 2 is 2.00 bits per heavy atom. The van der Waals surface area contributed by atoms with E-state index in [0.717, 1.165) is 12.8 Å². The summed E-state index contributed by atoms with van der Waals surface area (Å²) in [6.07, 6.45) is 3.39. The first kappa shape index (κ1) is 14.3. The molecule has 0 spiro atoms. The smallest absolute Gasteiger partial charge is 0.408 e. The van der Waals surface area contributed by atoms with E-state index >= 15 is 0 Å². The van der Waals surface area contributed by atoms with E-state index in [2.05, 4.69) is 0 Å². The molecule has 1 amide bonds. The minimum atomic E-state index is -1.04. The zero-order valence-electron chi connectivity index (χ0n) is 11.8. The summed E-state index contributed by atoms with van der Waals surface area (Å²) in [5, 5.41) is 20.3. The van der Waals surface area contributed by atoms with Crippen LogP contribution in [0.5, 0.6) is 0 Å². The number of carbonyl (C=O) groups is 1. The van der Waals surface area contributed by atoms with Gasteiger partial charge in [-0.15, -0.1) is 0 Å². The maximum absolute atomic E-state index is 13.4. The molecule has 0 bridgehead atoms. The first-order valence-electron chi connectivity index (χ1n) is 7.50. The number of hydrogen-bond donors (Lipinski definition) is 2. The molecule has 1 heterocycles. The highest BCUT2D eigenvalue weighted by Gasteiger charge is 2.50. The Labute approximate surface area is 123 Å². The van der Waals surface area contributed by atoms with Crippen LogP contribution < -0.4 is 0 Å². The summed E-state index contributed by atoms with van der Waals surface area (Å²) in [5.74, 6) is -0.360. The molecule has 2 aliphatic rings. The highest BCUT2D eigenvalue weighted by Crippen LogP contribution is 2.45. The third-order valence-corrected chi connectivity index (χ3v) is 4.93. The van der Waals surface area contributed by atoms with Crippen LogP contribution in [0.3, 0.4) is 0 Å². The van der Waals surface area contributed by atoms with Crippen molar-refractivity contribution in [2.75, 3.05) is 0 Å². The second kappa shape index (κ2) is 5.30. The Balaban J connectivity index is 1.91. The Morgan fingerprint density at radius 3 is 2.62 bits per heavy atom. The van der Waals surface area contributed by atoms with Crippen LogP contribution in [-0.4, -0.2) is 32.8 Å². The molecular formula is C16H20FNO3. The van der Waals surface area contributed by atoms with Crippen molar-refractivity contribution in [3.05, 3.63) is 35.6 Å². The average molecular weight is 293 g/mol. The number of aliphatic hydroxyl groups is 1. The van der Waals surface area contributed by atoms with Crippen molar-refractivity contribution in [3.63, 3.8) is 0 Å². The summed E-state index contributed by atoms with van der Waals surface area (Å²) in [6.45, 7) is 0. The van der Waals surface area contributed by atoms with Gasteiger partial charge >= 0.3 is 6.09 Å². The molecule has 21 heavy (non-hydrogen) atoms. The van der Waals surface area contributed by atoms with Gasteiger partial charge in [0.1, 0.15) is 5.82 Å². The summed E-state index contributed by atoms with van der Waals surface area (Å²) in [5.41, 5.74) is -0.248. The van der Waals surface area contributed by atoms with Gasteiger partial charge in [-0.05, 0) is 43.4 Å². The van der Waals surface area contributed by atoms with Gasteiger partial charge in [-0.3, -0.25) is 4.90 Å². The predicted octanol–water partition coefficient (Wildman–Crippen LogP) is 3.31. The molecule has 4 nitrogen and oxygen atoms in total. The highest BCUT2D eigenvalue weighted by molar-refractivity contribution is 5.67. The molecular weight excluding hydrogens is 273 g/mol. The third kappa shape index (κ3) is 2.50. The van der Waals surface area contributed by atoms with Crippen LogP contribution in [-0.2, 0) is 0 Å². The van der Waals surface area contributed by atoms with Crippen molar-refractivity contribution < 1.29 is 19.4 Å². The molecule has 114 valence electrons. The van der Waals surface area contributed by atoms with Gasteiger partial charge in [0.05, 0.1) is 17.7 Å². The number of hydrogen-bond acceptors (Lipinski definition) is 2. The summed E-state index contributed by atoms with van der Waals surface area (Å²) in [6, 6.07) is 5.35. The molecule has 1 saturated carbocycles.